The standard InChI is InChI=1S/C12H8Br2FNO/c13-7-8-2-1-5-16-12(8)17-11-4-3-9(14)6-10(11)15/h1-6H,7H2. The molecule has 2 rings (SSSR count). The summed E-state index contributed by atoms with van der Waals surface area (Å²) in [5, 5.41) is 0.605. The average molecular weight is 361 g/mol. The Balaban J connectivity index is 2.31. The molecule has 2 aromatic rings. The Bertz CT molecular complexity index is 534. The van der Waals surface area contributed by atoms with Gasteiger partial charge in [-0.25, -0.2) is 9.37 Å². The highest BCUT2D eigenvalue weighted by molar-refractivity contribution is 9.10. The van der Waals surface area contributed by atoms with Crippen molar-refractivity contribution in [2.75, 3.05) is 0 Å². The van der Waals surface area contributed by atoms with Crippen molar-refractivity contribution in [1.29, 1.82) is 0 Å². The fraction of sp³-hybridized carbons (Fsp3) is 0.0833. The number of ether oxygens (including phenoxy) is 1. The van der Waals surface area contributed by atoms with Gasteiger partial charge in [0.15, 0.2) is 11.6 Å². The molecule has 2 nitrogen and oxygen atoms in total. The second kappa shape index (κ2) is 5.60. The zero-order chi connectivity index (χ0) is 12.3. The van der Waals surface area contributed by atoms with Crippen molar-refractivity contribution in [3.8, 4) is 11.6 Å². The average Bonchev–Trinajstić information content (AvgIpc) is 2.33. The second-order valence-electron chi connectivity index (χ2n) is 3.28. The van der Waals surface area contributed by atoms with Gasteiger partial charge in [0.2, 0.25) is 5.88 Å². The van der Waals surface area contributed by atoms with Crippen LogP contribution in [0.25, 0.3) is 0 Å². The third-order valence-electron chi connectivity index (χ3n) is 2.09. The number of alkyl halides is 1. The number of aromatic nitrogens is 1. The van der Waals surface area contributed by atoms with E-state index in [4.69, 9.17) is 4.74 Å². The van der Waals surface area contributed by atoms with E-state index in [1.54, 1.807) is 24.4 Å². The van der Waals surface area contributed by atoms with Crippen molar-refractivity contribution in [1.82, 2.24) is 4.98 Å². The van der Waals surface area contributed by atoms with E-state index in [-0.39, 0.29) is 5.75 Å². The van der Waals surface area contributed by atoms with Crippen molar-refractivity contribution in [3.05, 3.63) is 52.4 Å². The van der Waals surface area contributed by atoms with Gasteiger partial charge in [-0.2, -0.15) is 0 Å². The fourth-order valence-corrected chi connectivity index (χ4v) is 2.04. The highest BCUT2D eigenvalue weighted by Crippen LogP contribution is 2.28. The topological polar surface area (TPSA) is 22.1 Å². The van der Waals surface area contributed by atoms with Crippen LogP contribution in [-0.4, -0.2) is 4.98 Å². The number of hydrogen-bond acceptors (Lipinski definition) is 2. The highest BCUT2D eigenvalue weighted by atomic mass is 79.9. The summed E-state index contributed by atoms with van der Waals surface area (Å²) in [6.45, 7) is 0. The summed E-state index contributed by atoms with van der Waals surface area (Å²) < 4.78 is 19.7. The predicted octanol–water partition coefficient (Wildman–Crippen LogP) is 4.67. The molecular formula is C12H8Br2FNO. The molecule has 0 aliphatic heterocycles. The predicted molar refractivity (Wildman–Crippen MR) is 71.0 cm³/mol. The van der Waals surface area contributed by atoms with Gasteiger partial charge in [0.05, 0.1) is 0 Å². The van der Waals surface area contributed by atoms with Gasteiger partial charge >= 0.3 is 0 Å². The number of pyridine rings is 1. The van der Waals surface area contributed by atoms with Crippen molar-refractivity contribution in [2.45, 2.75) is 5.33 Å². The summed E-state index contributed by atoms with van der Waals surface area (Å²) in [7, 11) is 0. The molecule has 0 fully saturated rings. The Kier molecular flexibility index (Phi) is 4.12. The van der Waals surface area contributed by atoms with Crippen molar-refractivity contribution < 1.29 is 9.13 Å². The summed E-state index contributed by atoms with van der Waals surface area (Å²) in [5.74, 6) is 0.144. The lowest BCUT2D eigenvalue weighted by Gasteiger charge is -2.08. The van der Waals surface area contributed by atoms with Gasteiger partial charge in [0.1, 0.15) is 0 Å². The van der Waals surface area contributed by atoms with Gasteiger partial charge in [-0.3, -0.25) is 0 Å². The largest absolute Gasteiger partial charge is 0.436 e. The number of nitrogens with zero attached hydrogens (tertiary/aromatic N) is 1. The van der Waals surface area contributed by atoms with E-state index in [1.807, 2.05) is 6.07 Å². The molecule has 0 radical (unpaired) electrons. The van der Waals surface area contributed by atoms with Crippen LogP contribution in [0.3, 0.4) is 0 Å². The molecule has 17 heavy (non-hydrogen) atoms. The van der Waals surface area contributed by atoms with Crippen LogP contribution < -0.4 is 4.74 Å². The lowest BCUT2D eigenvalue weighted by atomic mass is 10.3. The molecule has 0 amide bonds. The van der Waals surface area contributed by atoms with Crippen LogP contribution in [0.5, 0.6) is 11.6 Å². The SMILES string of the molecule is Fc1cc(Br)ccc1Oc1ncccc1CBr. The molecule has 0 saturated heterocycles. The lowest BCUT2D eigenvalue weighted by Crippen LogP contribution is -1.94. The summed E-state index contributed by atoms with van der Waals surface area (Å²) in [6, 6.07) is 8.31. The van der Waals surface area contributed by atoms with Crippen LogP contribution in [0, 0.1) is 5.82 Å². The number of hydrogen-bond donors (Lipinski definition) is 0. The molecule has 88 valence electrons. The molecule has 1 aromatic carbocycles. The summed E-state index contributed by atoms with van der Waals surface area (Å²) >= 11 is 6.52. The van der Waals surface area contributed by atoms with Gasteiger partial charge < -0.3 is 4.74 Å². The normalized spacial score (nSPS) is 10.3. The molecule has 0 aliphatic rings. The maximum absolute atomic E-state index is 13.6. The van der Waals surface area contributed by atoms with Crippen LogP contribution >= 0.6 is 31.9 Å². The lowest BCUT2D eigenvalue weighted by molar-refractivity contribution is 0.424. The summed E-state index contributed by atoms with van der Waals surface area (Å²) in [4.78, 5) is 4.08. The molecule has 0 N–H and O–H groups in total. The molecule has 5 heteroatoms. The molecule has 0 saturated carbocycles. The van der Waals surface area contributed by atoms with Crippen LogP contribution in [0.1, 0.15) is 5.56 Å². The van der Waals surface area contributed by atoms with E-state index >= 15 is 0 Å². The van der Waals surface area contributed by atoms with Gasteiger partial charge in [0.25, 0.3) is 0 Å². The summed E-state index contributed by atoms with van der Waals surface area (Å²) in [6.07, 6.45) is 1.61. The van der Waals surface area contributed by atoms with Crippen LogP contribution in [0.4, 0.5) is 4.39 Å². The van der Waals surface area contributed by atoms with Gasteiger partial charge in [-0.1, -0.05) is 37.9 Å². The van der Waals surface area contributed by atoms with Crippen molar-refractivity contribution in [3.63, 3.8) is 0 Å². The van der Waals surface area contributed by atoms with Crippen LogP contribution in [-0.2, 0) is 5.33 Å². The van der Waals surface area contributed by atoms with Crippen molar-refractivity contribution in [2.24, 2.45) is 0 Å². The molecular weight excluding hydrogens is 353 g/mol. The Morgan fingerprint density at radius 1 is 1.29 bits per heavy atom. The highest BCUT2D eigenvalue weighted by Gasteiger charge is 2.09. The first-order valence-electron chi connectivity index (χ1n) is 4.83. The maximum atomic E-state index is 13.6. The molecule has 0 atom stereocenters. The molecule has 0 bridgehead atoms. The Morgan fingerprint density at radius 3 is 2.82 bits per heavy atom. The molecule has 0 unspecified atom stereocenters. The molecule has 1 aromatic heterocycles. The third kappa shape index (κ3) is 3.04. The fourth-order valence-electron chi connectivity index (χ4n) is 1.28. The van der Waals surface area contributed by atoms with Crippen LogP contribution in [0.15, 0.2) is 41.0 Å². The van der Waals surface area contributed by atoms with E-state index < -0.39 is 5.82 Å². The number of benzene rings is 1. The third-order valence-corrected chi connectivity index (χ3v) is 3.19. The zero-order valence-electron chi connectivity index (χ0n) is 8.66. The molecule has 0 aliphatic carbocycles. The molecule has 0 spiro atoms. The van der Waals surface area contributed by atoms with E-state index in [1.165, 1.54) is 6.07 Å². The Hall–Kier alpha value is -0.940. The second-order valence-corrected chi connectivity index (χ2v) is 4.75. The summed E-state index contributed by atoms with van der Waals surface area (Å²) in [5.41, 5.74) is 0.870. The minimum absolute atomic E-state index is 0.161. The zero-order valence-corrected chi connectivity index (χ0v) is 11.8. The van der Waals surface area contributed by atoms with E-state index in [0.29, 0.717) is 15.7 Å². The van der Waals surface area contributed by atoms with E-state index in [2.05, 4.69) is 36.8 Å². The van der Waals surface area contributed by atoms with Crippen LogP contribution in [0.2, 0.25) is 0 Å². The number of rotatable bonds is 3. The van der Waals surface area contributed by atoms with Crippen molar-refractivity contribution >= 4 is 31.9 Å². The van der Waals surface area contributed by atoms with Gasteiger partial charge in [-0.15, -0.1) is 0 Å². The first-order valence-corrected chi connectivity index (χ1v) is 6.75. The quantitative estimate of drug-likeness (QED) is 0.742. The Morgan fingerprint density at radius 2 is 2.12 bits per heavy atom. The van der Waals surface area contributed by atoms with Gasteiger partial charge in [0, 0.05) is 21.6 Å². The monoisotopic (exact) mass is 359 g/mol. The smallest absolute Gasteiger partial charge is 0.223 e. The number of halogens is 3. The minimum atomic E-state index is -0.425. The minimum Gasteiger partial charge on any atom is -0.436 e. The van der Waals surface area contributed by atoms with E-state index in [9.17, 15) is 4.39 Å². The Labute approximate surface area is 115 Å². The van der Waals surface area contributed by atoms with E-state index in [0.717, 1.165) is 5.56 Å². The first kappa shape index (κ1) is 12.5. The van der Waals surface area contributed by atoms with Gasteiger partial charge in [-0.05, 0) is 24.3 Å². The maximum Gasteiger partial charge on any atom is 0.223 e. The first-order chi connectivity index (χ1) is 8.20. The molecule has 1 heterocycles.